The second-order valence-corrected chi connectivity index (χ2v) is 23.1. The fraction of sp³-hybridized carbons (Fsp3) is 0. The van der Waals surface area contributed by atoms with E-state index in [1.54, 1.807) is 0 Å². The Hall–Kier alpha value is -11.8. The van der Waals surface area contributed by atoms with Gasteiger partial charge in [-0.2, -0.15) is 0 Å². The third kappa shape index (κ3) is 8.90. The lowest BCUT2D eigenvalue weighted by molar-refractivity contribution is 1.19. The van der Waals surface area contributed by atoms with Gasteiger partial charge in [-0.25, -0.2) is 0 Å². The van der Waals surface area contributed by atoms with Crippen molar-refractivity contribution in [1.82, 2.24) is 4.57 Å². The quantitative estimate of drug-likeness (QED) is 0.128. The molecule has 89 heavy (non-hydrogen) atoms. The number of hydrogen-bond donors (Lipinski definition) is 0. The molecule has 0 radical (unpaired) electrons. The van der Waals surface area contributed by atoms with Crippen molar-refractivity contribution in [2.75, 3.05) is 9.80 Å². The van der Waals surface area contributed by atoms with Crippen molar-refractivity contribution in [3.8, 4) is 50.2 Å². The molecule has 3 nitrogen and oxygen atoms in total. The van der Waals surface area contributed by atoms with Gasteiger partial charge in [0.1, 0.15) is 0 Å². The van der Waals surface area contributed by atoms with Crippen molar-refractivity contribution >= 4 is 110 Å². The van der Waals surface area contributed by atoms with Gasteiger partial charge in [-0.15, -0.1) is 0 Å². The molecular weight excluding hydrogens is 1070 g/mol. The molecule has 16 aromatic carbocycles. The van der Waals surface area contributed by atoms with E-state index in [4.69, 9.17) is 0 Å². The smallest absolute Gasteiger partial charge is 0.0562 e. The summed E-state index contributed by atoms with van der Waals surface area (Å²) in [6.07, 6.45) is 0. The summed E-state index contributed by atoms with van der Waals surface area (Å²) in [5.41, 5.74) is 19.5. The molecule has 1 aromatic heterocycles. The standard InChI is InChI=1S/C86H57N3/c1-2-19-58(20-3-1)59-39-45-65(46-40-59)87(66-47-41-63(42-48-66)71-35-16-24-60-21-4-7-27-69(60)71)84-55-53-76(74-30-10-12-32-78(74)84)77-54-56-85(79-33-13-11-31-75(77)79)88(67-49-43-64(44-50-67)72-36-17-25-61-22-5-8-28-70(61)72)68-51-52-81-80-34-14-15-37-83(80)89(86(81)57-68)82-38-18-26-62-23-6-9-29-73(62)82/h1-57H. The van der Waals surface area contributed by atoms with Crippen molar-refractivity contribution in [2.45, 2.75) is 0 Å². The van der Waals surface area contributed by atoms with E-state index in [-0.39, 0.29) is 0 Å². The van der Waals surface area contributed by atoms with E-state index < -0.39 is 0 Å². The Kier molecular flexibility index (Phi) is 12.5. The van der Waals surface area contributed by atoms with Crippen LogP contribution in [0.25, 0.3) is 126 Å². The molecule has 0 amide bonds. The normalized spacial score (nSPS) is 11.6. The van der Waals surface area contributed by atoms with Gasteiger partial charge in [0.2, 0.25) is 0 Å². The molecule has 0 bridgehead atoms. The Morgan fingerprint density at radius 2 is 0.562 bits per heavy atom. The van der Waals surface area contributed by atoms with Crippen molar-refractivity contribution in [3.63, 3.8) is 0 Å². The van der Waals surface area contributed by atoms with Gasteiger partial charge in [0.05, 0.1) is 28.1 Å². The molecule has 0 aliphatic heterocycles. The summed E-state index contributed by atoms with van der Waals surface area (Å²) in [6, 6.07) is 127. The molecule has 0 unspecified atom stereocenters. The van der Waals surface area contributed by atoms with E-state index >= 15 is 0 Å². The molecule has 0 fully saturated rings. The highest BCUT2D eigenvalue weighted by atomic mass is 15.2. The maximum Gasteiger partial charge on any atom is 0.0562 e. The van der Waals surface area contributed by atoms with E-state index in [0.717, 1.165) is 56.1 Å². The van der Waals surface area contributed by atoms with Gasteiger partial charge >= 0.3 is 0 Å². The first-order valence-electron chi connectivity index (χ1n) is 30.6. The summed E-state index contributed by atoms with van der Waals surface area (Å²) in [6.45, 7) is 0. The summed E-state index contributed by atoms with van der Waals surface area (Å²) < 4.78 is 2.47. The van der Waals surface area contributed by atoms with Crippen LogP contribution in [0.2, 0.25) is 0 Å². The van der Waals surface area contributed by atoms with Crippen molar-refractivity contribution in [2.24, 2.45) is 0 Å². The van der Waals surface area contributed by atoms with E-state index in [1.807, 2.05) is 0 Å². The number of hydrogen-bond acceptors (Lipinski definition) is 2. The number of fused-ring (bicyclic) bond motifs is 8. The largest absolute Gasteiger partial charge is 0.310 e. The van der Waals surface area contributed by atoms with Crippen molar-refractivity contribution in [3.05, 3.63) is 346 Å². The number of benzene rings is 16. The maximum atomic E-state index is 2.47. The predicted molar refractivity (Wildman–Crippen MR) is 379 cm³/mol. The van der Waals surface area contributed by atoms with Crippen LogP contribution >= 0.6 is 0 Å². The molecule has 17 rings (SSSR count). The third-order valence-electron chi connectivity index (χ3n) is 18.2. The second-order valence-electron chi connectivity index (χ2n) is 23.1. The maximum absolute atomic E-state index is 2.47. The SMILES string of the molecule is c1ccc(-c2ccc(N(c3ccc(-c4cccc5ccccc45)cc3)c3ccc(-c4ccc(N(c5ccc(-c6cccc7ccccc67)cc5)c5ccc6c7ccccc7n(-c7cccc8ccccc78)c6c5)c5ccccc45)c4ccccc34)cc2)cc1. The molecule has 0 N–H and O–H groups in total. The molecule has 17 aromatic rings. The van der Waals surface area contributed by atoms with E-state index in [2.05, 4.69) is 360 Å². The van der Waals surface area contributed by atoms with E-state index in [1.165, 1.54) is 104 Å². The average Bonchev–Trinajstić information content (AvgIpc) is 2.03. The van der Waals surface area contributed by atoms with Gasteiger partial charge in [0.25, 0.3) is 0 Å². The minimum atomic E-state index is 1.06. The molecular formula is C86H57N3. The Morgan fingerprint density at radius 3 is 1.10 bits per heavy atom. The summed E-state index contributed by atoms with van der Waals surface area (Å²) in [7, 11) is 0. The van der Waals surface area contributed by atoms with E-state index in [9.17, 15) is 0 Å². The Labute approximate surface area is 517 Å². The molecule has 0 saturated heterocycles. The van der Waals surface area contributed by atoms with Gasteiger partial charge in [-0.05, 0) is 155 Å². The van der Waals surface area contributed by atoms with Crippen LogP contribution in [0, 0.1) is 0 Å². The molecule has 3 heteroatoms. The third-order valence-corrected chi connectivity index (χ3v) is 18.2. The minimum absolute atomic E-state index is 1.06. The minimum Gasteiger partial charge on any atom is -0.310 e. The first-order chi connectivity index (χ1) is 44.2. The number of aromatic nitrogens is 1. The number of para-hydroxylation sites is 1. The number of nitrogens with zero attached hydrogens (tertiary/aromatic N) is 3. The van der Waals surface area contributed by atoms with Crippen LogP contribution in [0.5, 0.6) is 0 Å². The molecule has 0 atom stereocenters. The van der Waals surface area contributed by atoms with Crippen LogP contribution in [0.1, 0.15) is 0 Å². The lowest BCUT2D eigenvalue weighted by atomic mass is 9.91. The topological polar surface area (TPSA) is 11.4 Å². The Balaban J connectivity index is 0.831. The van der Waals surface area contributed by atoms with Gasteiger partial charge in [-0.1, -0.05) is 273 Å². The zero-order valence-corrected chi connectivity index (χ0v) is 48.8. The zero-order chi connectivity index (χ0) is 58.8. The molecule has 0 aliphatic rings. The summed E-state index contributed by atoms with van der Waals surface area (Å²) in [4.78, 5) is 4.89. The first-order valence-corrected chi connectivity index (χ1v) is 30.6. The lowest BCUT2D eigenvalue weighted by Crippen LogP contribution is -2.11. The van der Waals surface area contributed by atoms with Crippen LogP contribution in [0.15, 0.2) is 346 Å². The highest BCUT2D eigenvalue weighted by Gasteiger charge is 2.24. The molecule has 0 saturated carbocycles. The number of anilines is 6. The van der Waals surface area contributed by atoms with Gasteiger partial charge in [-0.3, -0.25) is 0 Å². The van der Waals surface area contributed by atoms with Crippen LogP contribution in [0.4, 0.5) is 34.1 Å². The highest BCUT2D eigenvalue weighted by Crippen LogP contribution is 2.48. The van der Waals surface area contributed by atoms with Crippen LogP contribution in [-0.2, 0) is 0 Å². The summed E-state index contributed by atoms with van der Waals surface area (Å²) in [5, 5.41) is 14.5. The zero-order valence-electron chi connectivity index (χ0n) is 48.8. The van der Waals surface area contributed by atoms with Crippen LogP contribution in [-0.4, -0.2) is 4.57 Å². The average molecular weight is 1130 g/mol. The number of rotatable bonds is 11. The van der Waals surface area contributed by atoms with Crippen LogP contribution < -0.4 is 9.80 Å². The fourth-order valence-corrected chi connectivity index (χ4v) is 14.0. The van der Waals surface area contributed by atoms with Crippen LogP contribution in [0.3, 0.4) is 0 Å². The summed E-state index contributed by atoms with van der Waals surface area (Å²) >= 11 is 0. The highest BCUT2D eigenvalue weighted by molar-refractivity contribution is 6.15. The second kappa shape index (κ2) is 21.6. The van der Waals surface area contributed by atoms with Gasteiger partial charge < -0.3 is 14.4 Å². The summed E-state index contributed by atoms with van der Waals surface area (Å²) in [5.74, 6) is 0. The van der Waals surface area contributed by atoms with E-state index in [0.29, 0.717) is 0 Å². The fourth-order valence-electron chi connectivity index (χ4n) is 14.0. The van der Waals surface area contributed by atoms with Gasteiger partial charge in [0, 0.05) is 49.7 Å². The predicted octanol–water partition coefficient (Wildman–Crippen LogP) is 24.2. The molecule has 1 heterocycles. The molecule has 416 valence electrons. The van der Waals surface area contributed by atoms with Crippen molar-refractivity contribution in [1.29, 1.82) is 0 Å². The molecule has 0 aliphatic carbocycles. The van der Waals surface area contributed by atoms with Gasteiger partial charge in [0.15, 0.2) is 0 Å². The monoisotopic (exact) mass is 1130 g/mol. The first kappa shape index (κ1) is 51.6. The molecule has 0 spiro atoms. The Morgan fingerprint density at radius 1 is 0.191 bits per heavy atom. The van der Waals surface area contributed by atoms with Crippen molar-refractivity contribution < 1.29 is 0 Å². The Bertz CT molecular complexity index is 5530. The lowest BCUT2D eigenvalue weighted by Gasteiger charge is -2.29.